The molecule has 2 heterocycles. The maximum atomic E-state index is 9.66. The molecule has 0 radical (unpaired) electrons. The summed E-state index contributed by atoms with van der Waals surface area (Å²) < 4.78 is 5.60. The first kappa shape index (κ1) is 12.2. The van der Waals surface area contributed by atoms with E-state index < -0.39 is 0 Å². The number of benzene rings is 1. The average Bonchev–Trinajstić information content (AvgIpc) is 2.85. The first-order chi connectivity index (χ1) is 9.28. The molecule has 1 fully saturated rings. The molecular weight excluding hydrogens is 242 g/mol. The van der Waals surface area contributed by atoms with Crippen molar-refractivity contribution in [2.24, 2.45) is 0 Å². The van der Waals surface area contributed by atoms with Crippen molar-refractivity contribution in [2.45, 2.75) is 19.4 Å². The molecule has 0 bridgehead atoms. The first-order valence-electron chi connectivity index (χ1n) is 6.60. The zero-order valence-corrected chi connectivity index (χ0v) is 10.9. The highest BCUT2D eigenvalue weighted by molar-refractivity contribution is 5.77. The second-order valence-corrected chi connectivity index (χ2v) is 4.66. The van der Waals surface area contributed by atoms with Crippen LogP contribution in [0.25, 0.3) is 11.0 Å². The van der Waals surface area contributed by atoms with Gasteiger partial charge in [-0.2, -0.15) is 0 Å². The van der Waals surface area contributed by atoms with Crippen LogP contribution in [-0.2, 0) is 0 Å². The minimum Gasteiger partial charge on any atom is -0.475 e. The Kier molecular flexibility index (Phi) is 3.21. The molecule has 0 amide bonds. The number of aliphatic hydroxyl groups is 1. The van der Waals surface area contributed by atoms with E-state index in [9.17, 15) is 5.11 Å². The molecule has 0 saturated carbocycles. The number of rotatable bonds is 3. The Labute approximate surface area is 111 Å². The first-order valence-corrected chi connectivity index (χ1v) is 6.60. The Morgan fingerprint density at radius 1 is 1.32 bits per heavy atom. The fourth-order valence-corrected chi connectivity index (χ4v) is 2.35. The summed E-state index contributed by atoms with van der Waals surface area (Å²) in [6, 6.07) is 7.74. The van der Waals surface area contributed by atoms with Gasteiger partial charge >= 0.3 is 0 Å². The molecule has 1 saturated heterocycles. The lowest BCUT2D eigenvalue weighted by Gasteiger charge is -2.19. The van der Waals surface area contributed by atoms with Gasteiger partial charge in [0.1, 0.15) is 0 Å². The van der Waals surface area contributed by atoms with Crippen LogP contribution in [0.15, 0.2) is 24.3 Å². The van der Waals surface area contributed by atoms with E-state index in [2.05, 4.69) is 9.97 Å². The normalized spacial score (nSPS) is 19.1. The number of nitrogens with zero attached hydrogens (tertiary/aromatic N) is 3. The number of ether oxygens (including phenoxy) is 1. The standard InChI is InChI=1S/C14H17N3O2/c1-2-19-14-13(17-8-7-10(18)9-17)15-11-5-3-4-6-12(11)16-14/h3-6,10,18H,2,7-9H2,1H3. The third-order valence-electron chi connectivity index (χ3n) is 3.27. The topological polar surface area (TPSA) is 58.5 Å². The molecule has 5 heteroatoms. The van der Waals surface area contributed by atoms with E-state index in [-0.39, 0.29) is 6.10 Å². The zero-order chi connectivity index (χ0) is 13.2. The fraction of sp³-hybridized carbons (Fsp3) is 0.429. The van der Waals surface area contributed by atoms with Crippen LogP contribution in [0.5, 0.6) is 5.88 Å². The van der Waals surface area contributed by atoms with Crippen molar-refractivity contribution in [3.63, 3.8) is 0 Å². The van der Waals surface area contributed by atoms with Crippen molar-refractivity contribution >= 4 is 16.9 Å². The van der Waals surface area contributed by atoms with E-state index in [0.29, 0.717) is 19.0 Å². The lowest BCUT2D eigenvalue weighted by molar-refractivity contribution is 0.198. The van der Waals surface area contributed by atoms with Gasteiger partial charge in [-0.1, -0.05) is 12.1 Å². The smallest absolute Gasteiger partial charge is 0.258 e. The molecule has 100 valence electrons. The molecule has 0 spiro atoms. The summed E-state index contributed by atoms with van der Waals surface area (Å²) in [5, 5.41) is 9.66. The van der Waals surface area contributed by atoms with Crippen molar-refractivity contribution in [1.29, 1.82) is 0 Å². The fourth-order valence-electron chi connectivity index (χ4n) is 2.35. The summed E-state index contributed by atoms with van der Waals surface area (Å²) >= 11 is 0. The minimum absolute atomic E-state index is 0.289. The van der Waals surface area contributed by atoms with Crippen molar-refractivity contribution in [3.8, 4) is 5.88 Å². The number of aromatic nitrogens is 2. The Bertz CT molecular complexity index is 588. The van der Waals surface area contributed by atoms with Crippen LogP contribution in [0.1, 0.15) is 13.3 Å². The quantitative estimate of drug-likeness (QED) is 0.907. The lowest BCUT2D eigenvalue weighted by Crippen LogP contribution is -2.23. The van der Waals surface area contributed by atoms with Crippen LogP contribution in [-0.4, -0.2) is 40.9 Å². The molecule has 19 heavy (non-hydrogen) atoms. The predicted octanol–water partition coefficient (Wildman–Crippen LogP) is 1.60. The minimum atomic E-state index is -0.289. The van der Waals surface area contributed by atoms with E-state index >= 15 is 0 Å². The molecule has 0 aliphatic carbocycles. The van der Waals surface area contributed by atoms with Gasteiger partial charge in [-0.05, 0) is 25.5 Å². The van der Waals surface area contributed by atoms with Gasteiger partial charge in [-0.25, -0.2) is 9.97 Å². The third kappa shape index (κ3) is 2.33. The van der Waals surface area contributed by atoms with Crippen LogP contribution in [0.4, 0.5) is 5.82 Å². The molecule has 2 aromatic rings. The van der Waals surface area contributed by atoms with Crippen molar-refractivity contribution < 1.29 is 9.84 Å². The second kappa shape index (κ2) is 5.01. The highest BCUT2D eigenvalue weighted by atomic mass is 16.5. The number of para-hydroxylation sites is 2. The highest BCUT2D eigenvalue weighted by Gasteiger charge is 2.25. The van der Waals surface area contributed by atoms with E-state index in [4.69, 9.17) is 4.74 Å². The maximum absolute atomic E-state index is 9.66. The van der Waals surface area contributed by atoms with Gasteiger partial charge < -0.3 is 14.7 Å². The van der Waals surface area contributed by atoms with Gasteiger partial charge in [0.2, 0.25) is 0 Å². The monoisotopic (exact) mass is 259 g/mol. The van der Waals surface area contributed by atoms with Gasteiger partial charge in [-0.15, -0.1) is 0 Å². The Hall–Kier alpha value is -1.88. The number of β-amino-alcohol motifs (C(OH)–C–C–N with tert-alkyl or cyclic N) is 1. The van der Waals surface area contributed by atoms with E-state index in [1.807, 2.05) is 36.1 Å². The molecule has 1 unspecified atom stereocenters. The predicted molar refractivity (Wildman–Crippen MR) is 73.5 cm³/mol. The van der Waals surface area contributed by atoms with Crippen LogP contribution in [0.3, 0.4) is 0 Å². The highest BCUT2D eigenvalue weighted by Crippen LogP contribution is 2.29. The summed E-state index contributed by atoms with van der Waals surface area (Å²) in [6.45, 7) is 3.86. The van der Waals surface area contributed by atoms with Crippen LogP contribution in [0.2, 0.25) is 0 Å². The van der Waals surface area contributed by atoms with Crippen molar-refractivity contribution in [2.75, 3.05) is 24.6 Å². The third-order valence-corrected chi connectivity index (χ3v) is 3.27. The number of hydrogen-bond donors (Lipinski definition) is 1. The summed E-state index contributed by atoms with van der Waals surface area (Å²) in [7, 11) is 0. The van der Waals surface area contributed by atoms with Gasteiger partial charge in [0, 0.05) is 13.1 Å². The molecule has 1 atom stereocenters. The molecular formula is C14H17N3O2. The summed E-state index contributed by atoms with van der Waals surface area (Å²) in [6.07, 6.45) is 0.475. The second-order valence-electron chi connectivity index (χ2n) is 4.66. The maximum Gasteiger partial charge on any atom is 0.258 e. The summed E-state index contributed by atoms with van der Waals surface area (Å²) in [5.74, 6) is 1.28. The SMILES string of the molecule is CCOc1nc2ccccc2nc1N1CCC(O)C1. The number of fused-ring (bicyclic) bond motifs is 1. The molecule has 1 aliphatic heterocycles. The van der Waals surface area contributed by atoms with Gasteiger partial charge in [0.15, 0.2) is 5.82 Å². The van der Waals surface area contributed by atoms with Crippen LogP contribution < -0.4 is 9.64 Å². The molecule has 5 nitrogen and oxygen atoms in total. The molecule has 1 aliphatic rings. The molecule has 1 aromatic carbocycles. The van der Waals surface area contributed by atoms with E-state index in [0.717, 1.165) is 29.8 Å². The number of anilines is 1. The van der Waals surface area contributed by atoms with Crippen LogP contribution in [0, 0.1) is 0 Å². The lowest BCUT2D eigenvalue weighted by atomic mass is 10.3. The zero-order valence-electron chi connectivity index (χ0n) is 10.9. The average molecular weight is 259 g/mol. The van der Waals surface area contributed by atoms with Gasteiger partial charge in [0.25, 0.3) is 5.88 Å². The Morgan fingerprint density at radius 2 is 2.05 bits per heavy atom. The summed E-state index contributed by atoms with van der Waals surface area (Å²) in [5.41, 5.74) is 1.68. The molecule has 1 aromatic heterocycles. The molecule has 3 rings (SSSR count). The Morgan fingerprint density at radius 3 is 2.68 bits per heavy atom. The van der Waals surface area contributed by atoms with Gasteiger partial charge in [0.05, 0.1) is 23.7 Å². The van der Waals surface area contributed by atoms with Crippen LogP contribution >= 0.6 is 0 Å². The largest absolute Gasteiger partial charge is 0.475 e. The van der Waals surface area contributed by atoms with E-state index in [1.54, 1.807) is 0 Å². The summed E-state index contributed by atoms with van der Waals surface area (Å²) in [4.78, 5) is 11.2. The van der Waals surface area contributed by atoms with Gasteiger partial charge in [-0.3, -0.25) is 0 Å². The van der Waals surface area contributed by atoms with E-state index in [1.165, 1.54) is 0 Å². The van der Waals surface area contributed by atoms with Crippen molar-refractivity contribution in [3.05, 3.63) is 24.3 Å². The van der Waals surface area contributed by atoms with Crippen molar-refractivity contribution in [1.82, 2.24) is 9.97 Å². The Balaban J connectivity index is 2.07. The number of aliphatic hydroxyl groups excluding tert-OH is 1. The number of hydrogen-bond acceptors (Lipinski definition) is 5. The molecule has 1 N–H and O–H groups in total.